The highest BCUT2D eigenvalue weighted by Crippen LogP contribution is 2.34. The van der Waals surface area contributed by atoms with Crippen LogP contribution in [0.4, 0.5) is 0 Å². The Bertz CT molecular complexity index is 175. The van der Waals surface area contributed by atoms with E-state index in [4.69, 9.17) is 9.47 Å². The first-order valence-corrected chi connectivity index (χ1v) is 5.86. The van der Waals surface area contributed by atoms with Crippen LogP contribution in [0.15, 0.2) is 0 Å². The average molecular weight is 199 g/mol. The first kappa shape index (κ1) is 10.4. The third-order valence-electron chi connectivity index (χ3n) is 3.18. The molecule has 3 heteroatoms. The van der Waals surface area contributed by atoms with Crippen LogP contribution in [0.1, 0.15) is 32.6 Å². The lowest BCUT2D eigenvalue weighted by Gasteiger charge is -2.19. The quantitative estimate of drug-likeness (QED) is 0.654. The number of fused-ring (bicyclic) bond motifs is 2. The Labute approximate surface area is 86.2 Å². The van der Waals surface area contributed by atoms with Crippen LogP contribution in [-0.2, 0) is 9.47 Å². The largest absolute Gasteiger partial charge is 0.382 e. The van der Waals surface area contributed by atoms with Gasteiger partial charge in [0.05, 0.1) is 12.2 Å². The second-order valence-electron chi connectivity index (χ2n) is 4.22. The van der Waals surface area contributed by atoms with Gasteiger partial charge in [0, 0.05) is 19.3 Å². The smallest absolute Gasteiger partial charge is 0.0733 e. The summed E-state index contributed by atoms with van der Waals surface area (Å²) in [6.07, 6.45) is 5.94. The summed E-state index contributed by atoms with van der Waals surface area (Å²) >= 11 is 0. The van der Waals surface area contributed by atoms with E-state index >= 15 is 0 Å². The van der Waals surface area contributed by atoms with Crippen molar-refractivity contribution in [3.63, 3.8) is 0 Å². The minimum Gasteiger partial charge on any atom is -0.382 e. The Morgan fingerprint density at radius 1 is 1.43 bits per heavy atom. The van der Waals surface area contributed by atoms with Crippen LogP contribution in [0, 0.1) is 0 Å². The second-order valence-corrected chi connectivity index (χ2v) is 4.22. The van der Waals surface area contributed by atoms with Crippen LogP contribution in [0.3, 0.4) is 0 Å². The maximum atomic E-state index is 5.77. The Morgan fingerprint density at radius 3 is 3.00 bits per heavy atom. The Balaban J connectivity index is 1.54. The summed E-state index contributed by atoms with van der Waals surface area (Å²) < 4.78 is 11.1. The second kappa shape index (κ2) is 5.10. The minimum atomic E-state index is 0.507. The minimum absolute atomic E-state index is 0.507. The molecule has 0 spiro atoms. The van der Waals surface area contributed by atoms with Crippen molar-refractivity contribution in [2.24, 2.45) is 0 Å². The third-order valence-corrected chi connectivity index (χ3v) is 3.18. The van der Waals surface area contributed by atoms with Crippen molar-refractivity contribution in [3.8, 4) is 0 Å². The van der Waals surface area contributed by atoms with Crippen molar-refractivity contribution >= 4 is 0 Å². The Kier molecular flexibility index (Phi) is 3.79. The molecule has 2 heterocycles. The van der Waals surface area contributed by atoms with E-state index in [0.717, 1.165) is 26.2 Å². The fourth-order valence-electron chi connectivity index (χ4n) is 2.46. The molecule has 2 rings (SSSR count). The number of ether oxygens (including phenoxy) is 2. The molecule has 0 amide bonds. The highest BCUT2D eigenvalue weighted by Gasteiger charge is 2.40. The van der Waals surface area contributed by atoms with E-state index in [9.17, 15) is 0 Å². The van der Waals surface area contributed by atoms with Crippen LogP contribution < -0.4 is 5.32 Å². The summed E-state index contributed by atoms with van der Waals surface area (Å²) in [5.41, 5.74) is 0. The van der Waals surface area contributed by atoms with Crippen LogP contribution in [-0.4, -0.2) is 38.0 Å². The standard InChI is InChI=1S/C11H21NO2/c1-2-13-7-3-6-12-10-8-9-4-5-11(10)14-9/h9-12H,2-8H2,1H3. The molecular formula is C11H21NO2. The summed E-state index contributed by atoms with van der Waals surface area (Å²) in [5, 5.41) is 3.57. The van der Waals surface area contributed by atoms with Gasteiger partial charge in [0.2, 0.25) is 0 Å². The average Bonchev–Trinajstić information content (AvgIpc) is 2.79. The molecule has 2 saturated heterocycles. The molecule has 0 saturated carbocycles. The van der Waals surface area contributed by atoms with Crippen molar-refractivity contribution in [2.45, 2.75) is 50.9 Å². The molecule has 3 nitrogen and oxygen atoms in total. The fourth-order valence-corrected chi connectivity index (χ4v) is 2.46. The number of hydrogen-bond donors (Lipinski definition) is 1. The van der Waals surface area contributed by atoms with E-state index in [-0.39, 0.29) is 0 Å². The molecule has 0 aromatic heterocycles. The summed E-state index contributed by atoms with van der Waals surface area (Å²) in [4.78, 5) is 0. The van der Waals surface area contributed by atoms with Gasteiger partial charge in [-0.2, -0.15) is 0 Å². The van der Waals surface area contributed by atoms with E-state index in [1.807, 2.05) is 6.92 Å². The molecule has 0 radical (unpaired) electrons. The van der Waals surface area contributed by atoms with Gasteiger partial charge in [0.15, 0.2) is 0 Å². The zero-order chi connectivity index (χ0) is 9.80. The van der Waals surface area contributed by atoms with Gasteiger partial charge in [-0.25, -0.2) is 0 Å². The Morgan fingerprint density at radius 2 is 2.36 bits per heavy atom. The topological polar surface area (TPSA) is 30.5 Å². The first-order valence-electron chi connectivity index (χ1n) is 5.86. The van der Waals surface area contributed by atoms with Gasteiger partial charge in [0.1, 0.15) is 0 Å². The van der Waals surface area contributed by atoms with Crippen LogP contribution in [0.5, 0.6) is 0 Å². The lowest BCUT2D eigenvalue weighted by atomic mass is 9.95. The number of rotatable bonds is 6. The van der Waals surface area contributed by atoms with E-state index in [0.29, 0.717) is 18.2 Å². The molecule has 1 N–H and O–H groups in total. The molecule has 2 fully saturated rings. The van der Waals surface area contributed by atoms with Crippen molar-refractivity contribution in [1.29, 1.82) is 0 Å². The summed E-state index contributed by atoms with van der Waals surface area (Å²) in [5.74, 6) is 0. The predicted molar refractivity (Wildman–Crippen MR) is 55.4 cm³/mol. The predicted octanol–water partition coefficient (Wildman–Crippen LogP) is 1.32. The third kappa shape index (κ3) is 2.47. The fraction of sp³-hybridized carbons (Fsp3) is 1.00. The summed E-state index contributed by atoms with van der Waals surface area (Å²) in [6, 6.07) is 0.621. The van der Waals surface area contributed by atoms with Gasteiger partial charge in [0.25, 0.3) is 0 Å². The molecule has 0 aliphatic carbocycles. The molecule has 82 valence electrons. The maximum absolute atomic E-state index is 5.77. The molecule has 2 bridgehead atoms. The van der Waals surface area contributed by atoms with E-state index in [1.165, 1.54) is 19.3 Å². The molecule has 2 aliphatic heterocycles. The zero-order valence-corrected chi connectivity index (χ0v) is 9.00. The van der Waals surface area contributed by atoms with Gasteiger partial charge in [-0.15, -0.1) is 0 Å². The van der Waals surface area contributed by atoms with Gasteiger partial charge in [-0.3, -0.25) is 0 Å². The maximum Gasteiger partial charge on any atom is 0.0733 e. The zero-order valence-electron chi connectivity index (χ0n) is 9.00. The summed E-state index contributed by atoms with van der Waals surface area (Å²) in [7, 11) is 0. The molecule has 0 aromatic carbocycles. The van der Waals surface area contributed by atoms with Crippen molar-refractivity contribution < 1.29 is 9.47 Å². The highest BCUT2D eigenvalue weighted by atomic mass is 16.5. The van der Waals surface area contributed by atoms with Crippen molar-refractivity contribution in [3.05, 3.63) is 0 Å². The van der Waals surface area contributed by atoms with Gasteiger partial charge in [-0.1, -0.05) is 0 Å². The van der Waals surface area contributed by atoms with Crippen LogP contribution >= 0.6 is 0 Å². The summed E-state index contributed by atoms with van der Waals surface area (Å²) in [6.45, 7) is 4.82. The molecule has 3 unspecified atom stereocenters. The number of nitrogens with one attached hydrogen (secondary N) is 1. The molecule has 3 atom stereocenters. The van der Waals surface area contributed by atoms with E-state index < -0.39 is 0 Å². The monoisotopic (exact) mass is 199 g/mol. The van der Waals surface area contributed by atoms with E-state index in [2.05, 4.69) is 5.32 Å². The van der Waals surface area contributed by atoms with E-state index in [1.54, 1.807) is 0 Å². The molecular weight excluding hydrogens is 178 g/mol. The molecule has 2 aliphatic rings. The SMILES string of the molecule is CCOCCCNC1CC2CCC1O2. The van der Waals surface area contributed by atoms with Crippen LogP contribution in [0.2, 0.25) is 0 Å². The van der Waals surface area contributed by atoms with Gasteiger partial charge in [-0.05, 0) is 39.2 Å². The van der Waals surface area contributed by atoms with Crippen LogP contribution in [0.25, 0.3) is 0 Å². The first-order chi connectivity index (χ1) is 6.90. The van der Waals surface area contributed by atoms with Crippen molar-refractivity contribution in [2.75, 3.05) is 19.8 Å². The normalized spacial score (nSPS) is 35.4. The lowest BCUT2D eigenvalue weighted by molar-refractivity contribution is 0.0965. The lowest BCUT2D eigenvalue weighted by Crippen LogP contribution is -2.38. The Hall–Kier alpha value is -0.120. The van der Waals surface area contributed by atoms with Gasteiger partial charge >= 0.3 is 0 Å². The van der Waals surface area contributed by atoms with Crippen molar-refractivity contribution in [1.82, 2.24) is 5.32 Å². The highest BCUT2D eigenvalue weighted by molar-refractivity contribution is 4.93. The number of hydrogen-bond acceptors (Lipinski definition) is 3. The van der Waals surface area contributed by atoms with Gasteiger partial charge < -0.3 is 14.8 Å². The molecule has 14 heavy (non-hydrogen) atoms. The molecule has 0 aromatic rings.